The van der Waals surface area contributed by atoms with Crippen molar-refractivity contribution in [1.82, 2.24) is 15.0 Å². The quantitative estimate of drug-likeness (QED) is 0.267. The van der Waals surface area contributed by atoms with Gasteiger partial charge >= 0.3 is 0 Å². The molecule has 3 aliphatic heterocycles. The Morgan fingerprint density at radius 3 is 2.00 bits per heavy atom. The fraction of sp³-hybridized carbons (Fsp3) is 0.483. The van der Waals surface area contributed by atoms with Crippen LogP contribution in [0.2, 0.25) is 0 Å². The van der Waals surface area contributed by atoms with E-state index in [1.54, 1.807) is 44.5 Å². The molecule has 8 rings (SSSR count). The summed E-state index contributed by atoms with van der Waals surface area (Å²) in [5.74, 6) is 7.21. The fourth-order valence-corrected chi connectivity index (χ4v) is 6.04. The topological polar surface area (TPSA) is 96.0 Å². The molecule has 2 fully saturated rings. The Kier molecular flexibility index (Phi) is 10.7. The van der Waals surface area contributed by atoms with Crippen molar-refractivity contribution in [3.05, 3.63) is 55.0 Å². The monoisotopic (exact) mass is 535 g/mol. The summed E-state index contributed by atoms with van der Waals surface area (Å²) in [5.41, 5.74) is 1.11. The summed E-state index contributed by atoms with van der Waals surface area (Å²) < 4.78 is 5.30. The van der Waals surface area contributed by atoms with Crippen LogP contribution in [0.25, 0.3) is 0 Å². The van der Waals surface area contributed by atoms with Gasteiger partial charge in [-0.05, 0) is 54.7 Å². The third kappa shape index (κ3) is 7.90. The zero-order valence-corrected chi connectivity index (χ0v) is 22.1. The summed E-state index contributed by atoms with van der Waals surface area (Å²) >= 11 is 1.86. The predicted molar refractivity (Wildman–Crippen MR) is 160 cm³/mol. The molecule has 0 spiro atoms. The SMILES string of the molecule is C.C1CC2CCC1C2.c1cnc2c(c1)NCCN2.c1cnc2c(c1)OCCN2.c1cnc2c(c1)SCCN2. The maximum Gasteiger partial charge on any atom is 0.168 e. The molecule has 6 heterocycles. The van der Waals surface area contributed by atoms with Gasteiger partial charge in [-0.3, -0.25) is 0 Å². The predicted octanol–water partition coefficient (Wildman–Crippen LogP) is 6.24. The molecule has 0 unspecified atom stereocenters. The molecule has 3 aromatic heterocycles. The lowest BCUT2D eigenvalue weighted by Gasteiger charge is -2.17. The summed E-state index contributed by atoms with van der Waals surface area (Å²) in [6.45, 7) is 4.57. The third-order valence-electron chi connectivity index (χ3n) is 7.02. The Balaban J connectivity index is 0.000000118. The van der Waals surface area contributed by atoms with Crippen LogP contribution >= 0.6 is 11.8 Å². The standard InChI is InChI=1S/C7H9N3.C7H8N2O.C7H8N2S.C7H12.CH4/c1-2-6-7(9-3-1)10-5-4-8-6;2*1-2-6-7(8-3-1)9-4-5-10-6;1-2-7-4-3-6(1)5-7;/h1-3,8H,4-5H2,(H,9,10);2*1-3H,4-5H2,(H,8,9);6-7H,1-5H2;1H4. The van der Waals surface area contributed by atoms with Gasteiger partial charge in [0.15, 0.2) is 11.6 Å². The van der Waals surface area contributed by atoms with Gasteiger partial charge in [0.1, 0.15) is 18.2 Å². The Labute approximate surface area is 231 Å². The number of ether oxygens (including phenoxy) is 1. The number of anilines is 4. The number of fused-ring (bicyclic) bond motifs is 5. The summed E-state index contributed by atoms with van der Waals surface area (Å²) in [5, 5.41) is 12.8. The van der Waals surface area contributed by atoms with Crippen LogP contribution in [0.4, 0.5) is 23.1 Å². The van der Waals surface area contributed by atoms with Crippen molar-refractivity contribution >= 4 is 34.9 Å². The molecule has 0 saturated heterocycles. The van der Waals surface area contributed by atoms with Crippen molar-refractivity contribution < 1.29 is 4.74 Å². The Hall–Kier alpha value is -3.20. The highest BCUT2D eigenvalue weighted by molar-refractivity contribution is 7.99. The Morgan fingerprint density at radius 1 is 0.684 bits per heavy atom. The van der Waals surface area contributed by atoms with Crippen LogP contribution in [0.5, 0.6) is 5.75 Å². The first kappa shape index (κ1) is 27.8. The van der Waals surface area contributed by atoms with Crippen LogP contribution in [0.3, 0.4) is 0 Å². The normalized spacial score (nSPS) is 20.7. The molecule has 4 N–H and O–H groups in total. The van der Waals surface area contributed by atoms with Gasteiger partial charge in [0.05, 0.1) is 12.2 Å². The average molecular weight is 536 g/mol. The summed E-state index contributed by atoms with van der Waals surface area (Å²) in [6.07, 6.45) is 13.2. The molecule has 3 aromatic rings. The lowest BCUT2D eigenvalue weighted by molar-refractivity contribution is 0.321. The van der Waals surface area contributed by atoms with E-state index < -0.39 is 0 Å². The molecule has 0 radical (unpaired) electrons. The molecule has 38 heavy (non-hydrogen) atoms. The van der Waals surface area contributed by atoms with E-state index in [2.05, 4.69) is 42.3 Å². The first-order valence-corrected chi connectivity index (χ1v) is 14.4. The van der Waals surface area contributed by atoms with E-state index in [0.717, 1.165) is 67.4 Å². The van der Waals surface area contributed by atoms with Gasteiger partial charge < -0.3 is 26.0 Å². The number of hydrogen-bond donors (Lipinski definition) is 4. The number of rotatable bonds is 0. The number of nitrogens with zero attached hydrogens (tertiary/aromatic N) is 3. The first-order valence-electron chi connectivity index (χ1n) is 13.4. The number of nitrogens with one attached hydrogen (secondary N) is 4. The van der Waals surface area contributed by atoms with E-state index in [9.17, 15) is 0 Å². The van der Waals surface area contributed by atoms with Crippen molar-refractivity contribution in [2.45, 2.75) is 44.4 Å². The second-order valence-electron chi connectivity index (χ2n) is 9.63. The van der Waals surface area contributed by atoms with Gasteiger partial charge in [-0.2, -0.15) is 0 Å². The fourth-order valence-electron chi connectivity index (χ4n) is 5.18. The van der Waals surface area contributed by atoms with E-state index in [0.29, 0.717) is 0 Å². The minimum Gasteiger partial charge on any atom is -0.488 e. The highest BCUT2D eigenvalue weighted by Gasteiger charge is 2.30. The zero-order valence-electron chi connectivity index (χ0n) is 21.3. The molecule has 2 saturated carbocycles. The summed E-state index contributed by atoms with van der Waals surface area (Å²) in [4.78, 5) is 13.7. The van der Waals surface area contributed by atoms with Crippen molar-refractivity contribution in [3.8, 4) is 5.75 Å². The van der Waals surface area contributed by atoms with Gasteiger partial charge in [0, 0.05) is 48.9 Å². The average Bonchev–Trinajstić information content (AvgIpc) is 3.65. The molecule has 9 heteroatoms. The molecule has 0 amide bonds. The van der Waals surface area contributed by atoms with Gasteiger partial charge in [-0.15, -0.1) is 11.8 Å². The van der Waals surface area contributed by atoms with E-state index in [1.165, 1.54) is 16.7 Å². The van der Waals surface area contributed by atoms with E-state index in [4.69, 9.17) is 4.74 Å². The lowest BCUT2D eigenvalue weighted by Crippen LogP contribution is -2.21. The van der Waals surface area contributed by atoms with Crippen molar-refractivity contribution in [2.24, 2.45) is 11.8 Å². The van der Waals surface area contributed by atoms with Crippen molar-refractivity contribution in [3.63, 3.8) is 0 Å². The second-order valence-corrected chi connectivity index (χ2v) is 10.8. The molecule has 8 nitrogen and oxygen atoms in total. The van der Waals surface area contributed by atoms with Gasteiger partial charge in [-0.25, -0.2) is 15.0 Å². The smallest absolute Gasteiger partial charge is 0.168 e. The van der Waals surface area contributed by atoms with Crippen LogP contribution in [-0.2, 0) is 0 Å². The molecule has 2 aliphatic carbocycles. The minimum atomic E-state index is 0. The van der Waals surface area contributed by atoms with Crippen LogP contribution in [0.15, 0.2) is 59.9 Å². The van der Waals surface area contributed by atoms with E-state index in [1.807, 2.05) is 48.3 Å². The van der Waals surface area contributed by atoms with Crippen molar-refractivity contribution in [2.75, 3.05) is 59.8 Å². The zero-order chi connectivity index (χ0) is 25.1. The molecule has 204 valence electrons. The number of thioether (sulfide) groups is 1. The highest BCUT2D eigenvalue weighted by Crippen LogP contribution is 2.43. The third-order valence-corrected chi connectivity index (χ3v) is 8.07. The second kappa shape index (κ2) is 14.7. The van der Waals surface area contributed by atoms with Gasteiger partial charge in [0.25, 0.3) is 0 Å². The number of hydrogen-bond acceptors (Lipinski definition) is 9. The summed E-state index contributed by atoms with van der Waals surface area (Å²) in [7, 11) is 0. The van der Waals surface area contributed by atoms with Gasteiger partial charge in [-0.1, -0.05) is 33.1 Å². The van der Waals surface area contributed by atoms with Crippen LogP contribution in [0, 0.1) is 11.8 Å². The molecule has 2 bridgehead atoms. The molecule has 0 aromatic carbocycles. The largest absolute Gasteiger partial charge is 0.488 e. The number of aromatic nitrogens is 3. The maximum atomic E-state index is 5.30. The maximum absolute atomic E-state index is 5.30. The first-order chi connectivity index (χ1) is 18.3. The summed E-state index contributed by atoms with van der Waals surface area (Å²) in [6, 6.07) is 11.8. The molecular weight excluding hydrogens is 494 g/mol. The molecular formula is C29H41N7OS. The van der Waals surface area contributed by atoms with Crippen molar-refractivity contribution in [1.29, 1.82) is 0 Å². The van der Waals surface area contributed by atoms with E-state index >= 15 is 0 Å². The molecule has 5 aliphatic rings. The highest BCUT2D eigenvalue weighted by atomic mass is 32.2. The Morgan fingerprint density at radius 2 is 1.32 bits per heavy atom. The van der Waals surface area contributed by atoms with Crippen LogP contribution in [-0.4, -0.2) is 53.5 Å². The minimum absolute atomic E-state index is 0. The van der Waals surface area contributed by atoms with Crippen LogP contribution in [0.1, 0.15) is 39.5 Å². The Bertz CT molecular complexity index is 916. The molecule has 0 atom stereocenters. The number of pyridine rings is 3. The van der Waals surface area contributed by atoms with Gasteiger partial charge in [0.2, 0.25) is 0 Å². The van der Waals surface area contributed by atoms with E-state index in [-0.39, 0.29) is 7.43 Å². The van der Waals surface area contributed by atoms with Crippen LogP contribution < -0.4 is 26.0 Å². The lowest BCUT2D eigenvalue weighted by atomic mass is 10.0.